The summed E-state index contributed by atoms with van der Waals surface area (Å²) in [5, 5.41) is 19.8. The minimum absolute atomic E-state index is 0.0287. The van der Waals surface area contributed by atoms with Crippen LogP contribution in [-0.2, 0) is 30.4 Å². The van der Waals surface area contributed by atoms with Crippen LogP contribution >= 0.6 is 0 Å². The van der Waals surface area contributed by atoms with Crippen LogP contribution in [0.3, 0.4) is 0 Å². The van der Waals surface area contributed by atoms with Gasteiger partial charge in [-0.05, 0) is 57.2 Å². The minimum Gasteiger partial charge on any atom is -0.508 e. The van der Waals surface area contributed by atoms with Gasteiger partial charge in [0.25, 0.3) is 0 Å². The van der Waals surface area contributed by atoms with Crippen LogP contribution in [0.25, 0.3) is 0 Å². The first-order valence-electron chi connectivity index (χ1n) is 13.9. The van der Waals surface area contributed by atoms with Crippen LogP contribution in [0.2, 0.25) is 0 Å². The smallest absolute Gasteiger partial charge is 0.245 e. The summed E-state index contributed by atoms with van der Waals surface area (Å²) in [6.45, 7) is 4.49. The maximum atomic E-state index is 13.4. The molecule has 0 heterocycles. The predicted molar refractivity (Wildman–Crippen MR) is 165 cm³/mol. The summed E-state index contributed by atoms with van der Waals surface area (Å²) in [5.41, 5.74) is 26.0. The summed E-state index contributed by atoms with van der Waals surface area (Å²) in [4.78, 5) is 71.3. The zero-order chi connectivity index (χ0) is 33.4. The van der Waals surface area contributed by atoms with Gasteiger partial charge >= 0.3 is 0 Å². The lowest BCUT2D eigenvalue weighted by molar-refractivity contribution is -0.136. The van der Waals surface area contributed by atoms with Gasteiger partial charge in [-0.2, -0.15) is 0 Å². The highest BCUT2D eigenvalue weighted by atomic mass is 16.3. The summed E-state index contributed by atoms with van der Waals surface area (Å²) in [7, 11) is 0. The Morgan fingerprint density at radius 3 is 1.73 bits per heavy atom. The van der Waals surface area contributed by atoms with E-state index in [1.54, 1.807) is 12.1 Å². The van der Waals surface area contributed by atoms with Gasteiger partial charge in [-0.25, -0.2) is 0 Å². The topological polar surface area (TPSA) is 309 Å². The first kappa shape index (κ1) is 36.9. The van der Waals surface area contributed by atoms with Crippen LogP contribution in [0.5, 0.6) is 5.75 Å². The van der Waals surface area contributed by atoms with E-state index in [-0.39, 0.29) is 56.4 Å². The van der Waals surface area contributed by atoms with Gasteiger partial charge in [0, 0.05) is 26.4 Å². The molecule has 44 heavy (non-hydrogen) atoms. The number of aromatic hydroxyl groups is 1. The summed E-state index contributed by atoms with van der Waals surface area (Å²) in [6.07, 6.45) is 0.938. The second-order valence-corrected chi connectivity index (χ2v) is 10.6. The van der Waals surface area contributed by atoms with E-state index in [9.17, 15) is 29.1 Å². The number of nitrogens with two attached hydrogens (primary N) is 5. The largest absolute Gasteiger partial charge is 0.508 e. The van der Waals surface area contributed by atoms with E-state index >= 15 is 0 Å². The molecule has 15 N–H and O–H groups in total. The van der Waals surface area contributed by atoms with Gasteiger partial charge in [0.15, 0.2) is 11.9 Å². The molecule has 0 saturated carbocycles. The number of amides is 5. The maximum Gasteiger partial charge on any atom is 0.245 e. The molecule has 0 aromatic heterocycles. The summed E-state index contributed by atoms with van der Waals surface area (Å²) in [5.74, 6) is -3.55. The fraction of sp³-hybridized carbons (Fsp3) is 0.519. The van der Waals surface area contributed by atoms with E-state index in [1.807, 2.05) is 0 Å². The SMILES string of the molecule is CC(=O)N[C@@H](CCCN=C(N)N)C(=O)NC(C)(C)C(=O)N[C@@H](CCCN=C(N)N)C(=O)N[C@@H](Cc1ccc(O)cc1)C(N)=O. The highest BCUT2D eigenvalue weighted by Gasteiger charge is 2.35. The quantitative estimate of drug-likeness (QED) is 0.0448. The number of nitrogens with zero attached hydrogens (tertiary/aromatic N) is 2. The van der Waals surface area contributed by atoms with Crippen LogP contribution in [0.1, 0.15) is 52.0 Å². The number of phenolic OH excluding ortho intramolecular Hbond substituents is 1. The Labute approximate surface area is 255 Å². The fourth-order valence-electron chi connectivity index (χ4n) is 3.94. The Bertz CT molecular complexity index is 1210. The van der Waals surface area contributed by atoms with Crippen molar-refractivity contribution in [3.05, 3.63) is 29.8 Å². The lowest BCUT2D eigenvalue weighted by Crippen LogP contribution is -2.62. The third-order valence-electron chi connectivity index (χ3n) is 6.25. The molecule has 0 unspecified atom stereocenters. The number of carbonyl (C=O) groups excluding carboxylic acids is 5. The summed E-state index contributed by atoms with van der Waals surface area (Å²) < 4.78 is 0. The predicted octanol–water partition coefficient (Wildman–Crippen LogP) is -3.10. The van der Waals surface area contributed by atoms with Crippen molar-refractivity contribution >= 4 is 41.5 Å². The van der Waals surface area contributed by atoms with Crippen molar-refractivity contribution in [1.82, 2.24) is 21.3 Å². The average molecular weight is 620 g/mol. The van der Waals surface area contributed by atoms with E-state index in [2.05, 4.69) is 31.3 Å². The molecule has 0 aliphatic carbocycles. The van der Waals surface area contributed by atoms with E-state index in [0.717, 1.165) is 0 Å². The molecule has 0 aliphatic rings. The first-order chi connectivity index (χ1) is 20.5. The molecule has 17 heteroatoms. The highest BCUT2D eigenvalue weighted by Crippen LogP contribution is 2.12. The van der Waals surface area contributed by atoms with Crippen molar-refractivity contribution in [3.8, 4) is 5.75 Å². The number of hydrogen-bond acceptors (Lipinski definition) is 8. The normalized spacial score (nSPS) is 12.9. The molecule has 3 atom stereocenters. The van der Waals surface area contributed by atoms with E-state index in [0.29, 0.717) is 12.0 Å². The summed E-state index contributed by atoms with van der Waals surface area (Å²) in [6, 6.07) is 2.73. The number of nitrogens with one attached hydrogen (secondary N) is 4. The number of benzene rings is 1. The highest BCUT2D eigenvalue weighted by molar-refractivity contribution is 5.97. The number of hydrogen-bond donors (Lipinski definition) is 10. The number of rotatable bonds is 18. The van der Waals surface area contributed by atoms with Crippen molar-refractivity contribution < 1.29 is 29.1 Å². The van der Waals surface area contributed by atoms with E-state index in [4.69, 9.17) is 28.7 Å². The van der Waals surface area contributed by atoms with Gasteiger partial charge in [-0.1, -0.05) is 12.1 Å². The molecule has 1 rings (SSSR count). The lowest BCUT2D eigenvalue weighted by Gasteiger charge is -2.30. The van der Waals surface area contributed by atoms with Gasteiger partial charge in [0.1, 0.15) is 29.4 Å². The maximum absolute atomic E-state index is 13.4. The van der Waals surface area contributed by atoms with Crippen LogP contribution in [-0.4, -0.2) is 83.3 Å². The van der Waals surface area contributed by atoms with Crippen molar-refractivity contribution in [2.75, 3.05) is 13.1 Å². The van der Waals surface area contributed by atoms with E-state index in [1.165, 1.54) is 32.9 Å². The van der Waals surface area contributed by atoms with E-state index < -0.39 is 53.2 Å². The molecule has 0 spiro atoms. The van der Waals surface area contributed by atoms with Gasteiger partial charge in [0.05, 0.1) is 0 Å². The third kappa shape index (κ3) is 14.2. The molecule has 244 valence electrons. The second kappa shape index (κ2) is 17.8. The van der Waals surface area contributed by atoms with Crippen molar-refractivity contribution in [1.29, 1.82) is 0 Å². The second-order valence-electron chi connectivity index (χ2n) is 10.6. The molecule has 0 radical (unpaired) electrons. The van der Waals surface area contributed by atoms with Crippen LogP contribution in [0.15, 0.2) is 34.3 Å². The zero-order valence-electron chi connectivity index (χ0n) is 25.3. The Hall–Kier alpha value is -5.09. The lowest BCUT2D eigenvalue weighted by atomic mass is 10.00. The molecule has 5 amide bonds. The summed E-state index contributed by atoms with van der Waals surface area (Å²) >= 11 is 0. The molecular formula is C27H45N11O6. The average Bonchev–Trinajstić information content (AvgIpc) is 2.91. The van der Waals surface area contributed by atoms with Gasteiger partial charge in [0.2, 0.25) is 29.5 Å². The molecule has 1 aromatic carbocycles. The Balaban J connectivity index is 3.06. The minimum atomic E-state index is -1.54. The molecular weight excluding hydrogens is 574 g/mol. The van der Waals surface area contributed by atoms with Crippen LogP contribution < -0.4 is 49.9 Å². The molecule has 0 bridgehead atoms. The number of phenols is 1. The number of carbonyl (C=O) groups is 5. The third-order valence-corrected chi connectivity index (χ3v) is 6.25. The molecule has 17 nitrogen and oxygen atoms in total. The van der Waals surface area contributed by atoms with Crippen molar-refractivity contribution in [2.45, 2.75) is 76.5 Å². The Morgan fingerprint density at radius 1 is 0.773 bits per heavy atom. The zero-order valence-corrected chi connectivity index (χ0v) is 25.3. The van der Waals surface area contributed by atoms with Gasteiger partial charge in [-0.3, -0.25) is 34.0 Å². The number of aliphatic imine (C=N–C) groups is 2. The monoisotopic (exact) mass is 619 g/mol. The van der Waals surface area contributed by atoms with Crippen molar-refractivity contribution in [2.24, 2.45) is 38.7 Å². The van der Waals surface area contributed by atoms with Crippen LogP contribution in [0.4, 0.5) is 0 Å². The molecule has 0 aliphatic heterocycles. The Kier molecular flexibility index (Phi) is 14.9. The first-order valence-corrected chi connectivity index (χ1v) is 13.9. The van der Waals surface area contributed by atoms with Gasteiger partial charge < -0.3 is 55.0 Å². The van der Waals surface area contributed by atoms with Gasteiger partial charge in [-0.15, -0.1) is 0 Å². The van der Waals surface area contributed by atoms with Crippen LogP contribution in [0, 0.1) is 0 Å². The number of primary amides is 1. The number of guanidine groups is 2. The molecule has 0 saturated heterocycles. The molecule has 0 fully saturated rings. The molecule has 1 aromatic rings. The Morgan fingerprint density at radius 2 is 1.27 bits per heavy atom. The standard InChI is InChI=1S/C27H45N11O6/c1-15(39)35-19(7-5-13-34-26(31)32)23(43)38-27(2,3)24(44)37-18(6-4-12-33-25(29)30)22(42)36-20(21(28)41)14-16-8-10-17(40)11-9-16/h8-11,18-20,40H,4-7,12-14H2,1-3H3,(H2,28,41)(H,35,39)(H,36,42)(H,37,44)(H,38,43)(H4,29,30,33)(H4,31,32,34)/t18-,19-,20-/m0/s1. The fourth-order valence-corrected chi connectivity index (χ4v) is 3.94. The van der Waals surface area contributed by atoms with Crippen molar-refractivity contribution in [3.63, 3.8) is 0 Å².